The molecular formula is C27H26N4O2. The molecule has 4 aromatic rings. The molecule has 6 nitrogen and oxygen atoms in total. The highest BCUT2D eigenvalue weighted by Crippen LogP contribution is 2.31. The summed E-state index contributed by atoms with van der Waals surface area (Å²) in [5, 5.41) is 7.96. The van der Waals surface area contributed by atoms with Crippen LogP contribution in [0.4, 0.5) is 0 Å². The summed E-state index contributed by atoms with van der Waals surface area (Å²) in [6, 6.07) is 20.8. The van der Waals surface area contributed by atoms with Crippen LogP contribution >= 0.6 is 0 Å². The molecule has 2 aromatic heterocycles. The maximum atomic E-state index is 12.9. The van der Waals surface area contributed by atoms with E-state index in [1.54, 1.807) is 18.5 Å². The summed E-state index contributed by atoms with van der Waals surface area (Å²) in [7, 11) is 0. The van der Waals surface area contributed by atoms with Gasteiger partial charge in [-0.05, 0) is 62.1 Å². The highest BCUT2D eigenvalue weighted by molar-refractivity contribution is 5.97. The smallest absolute Gasteiger partial charge is 0.255 e. The average Bonchev–Trinajstić information content (AvgIpc) is 3.24. The van der Waals surface area contributed by atoms with Gasteiger partial charge in [0.05, 0.1) is 17.8 Å². The molecule has 166 valence electrons. The Kier molecular flexibility index (Phi) is 6.15. The van der Waals surface area contributed by atoms with Crippen molar-refractivity contribution in [3.05, 3.63) is 95.9 Å². The minimum absolute atomic E-state index is 0.156. The van der Waals surface area contributed by atoms with E-state index >= 15 is 0 Å². The Balaban J connectivity index is 1.29. The van der Waals surface area contributed by atoms with Crippen molar-refractivity contribution < 1.29 is 9.53 Å². The second kappa shape index (κ2) is 9.69. The Morgan fingerprint density at radius 2 is 1.70 bits per heavy atom. The number of hydrogen-bond donors (Lipinski definition) is 1. The second-order valence-electron chi connectivity index (χ2n) is 8.11. The van der Waals surface area contributed by atoms with Crippen LogP contribution in [0.5, 0.6) is 11.5 Å². The van der Waals surface area contributed by atoms with E-state index in [9.17, 15) is 4.79 Å². The lowest BCUT2D eigenvalue weighted by atomic mass is 9.94. The Morgan fingerprint density at radius 1 is 0.939 bits per heavy atom. The number of para-hydroxylation sites is 2. The lowest BCUT2D eigenvalue weighted by molar-refractivity contribution is 0.0949. The third kappa shape index (κ3) is 4.65. The second-order valence-corrected chi connectivity index (χ2v) is 8.11. The predicted octanol–water partition coefficient (Wildman–Crippen LogP) is 5.05. The van der Waals surface area contributed by atoms with Crippen LogP contribution in [0.2, 0.25) is 0 Å². The molecule has 2 aromatic carbocycles. The zero-order valence-electron chi connectivity index (χ0n) is 18.4. The third-order valence-electron chi connectivity index (χ3n) is 5.92. The molecule has 2 heterocycles. The number of nitrogens with zero attached hydrogens (tertiary/aromatic N) is 3. The summed E-state index contributed by atoms with van der Waals surface area (Å²) >= 11 is 0. The minimum Gasteiger partial charge on any atom is -0.457 e. The van der Waals surface area contributed by atoms with Crippen LogP contribution in [0.15, 0.2) is 79.1 Å². The van der Waals surface area contributed by atoms with Gasteiger partial charge in [-0.25, -0.2) is 0 Å². The van der Waals surface area contributed by atoms with E-state index < -0.39 is 0 Å². The summed E-state index contributed by atoms with van der Waals surface area (Å²) in [4.78, 5) is 17.1. The normalized spacial score (nSPS) is 12.7. The van der Waals surface area contributed by atoms with E-state index in [0.29, 0.717) is 30.2 Å². The van der Waals surface area contributed by atoms with Gasteiger partial charge >= 0.3 is 0 Å². The molecule has 0 bridgehead atoms. The fraction of sp³-hybridized carbons (Fsp3) is 0.222. The molecule has 0 unspecified atom stereocenters. The lowest BCUT2D eigenvalue weighted by Crippen LogP contribution is -2.28. The quantitative estimate of drug-likeness (QED) is 0.439. The van der Waals surface area contributed by atoms with Gasteiger partial charge in [-0.3, -0.25) is 14.5 Å². The summed E-state index contributed by atoms with van der Waals surface area (Å²) < 4.78 is 8.00. The van der Waals surface area contributed by atoms with Crippen molar-refractivity contribution in [1.29, 1.82) is 0 Å². The van der Waals surface area contributed by atoms with Gasteiger partial charge in [0.2, 0.25) is 0 Å². The molecular weight excluding hydrogens is 412 g/mol. The molecule has 0 saturated carbocycles. The van der Waals surface area contributed by atoms with Crippen LogP contribution in [-0.4, -0.2) is 27.2 Å². The number of rotatable bonds is 7. The maximum Gasteiger partial charge on any atom is 0.255 e. The number of hydrogen-bond acceptors (Lipinski definition) is 4. The first-order valence-electron chi connectivity index (χ1n) is 11.4. The van der Waals surface area contributed by atoms with Crippen molar-refractivity contribution in [2.75, 3.05) is 6.54 Å². The van der Waals surface area contributed by atoms with E-state index in [2.05, 4.69) is 15.0 Å². The first kappa shape index (κ1) is 20.9. The SMILES string of the molecule is O=C(NCCn1nc(-c2ccncc2)c2c1CCCC2)c1ccccc1Oc1ccccc1. The summed E-state index contributed by atoms with van der Waals surface area (Å²) in [5.41, 5.74) is 5.27. The Labute approximate surface area is 193 Å². The lowest BCUT2D eigenvalue weighted by Gasteiger charge is -2.15. The molecule has 0 fully saturated rings. The Bertz CT molecular complexity index is 1240. The molecule has 6 heteroatoms. The van der Waals surface area contributed by atoms with Gasteiger partial charge in [-0.1, -0.05) is 30.3 Å². The number of amides is 1. The molecule has 33 heavy (non-hydrogen) atoms. The monoisotopic (exact) mass is 438 g/mol. The highest BCUT2D eigenvalue weighted by atomic mass is 16.5. The largest absolute Gasteiger partial charge is 0.457 e. The number of aromatic nitrogens is 3. The summed E-state index contributed by atoms with van der Waals surface area (Å²) in [6.45, 7) is 1.11. The third-order valence-corrected chi connectivity index (χ3v) is 5.92. The number of fused-ring (bicyclic) bond motifs is 1. The molecule has 0 radical (unpaired) electrons. The van der Waals surface area contributed by atoms with Gasteiger partial charge in [0.15, 0.2) is 0 Å². The average molecular weight is 439 g/mol. The number of benzene rings is 2. The van der Waals surface area contributed by atoms with Crippen LogP contribution < -0.4 is 10.1 Å². The van der Waals surface area contributed by atoms with Crippen LogP contribution in [0.25, 0.3) is 11.3 Å². The fourth-order valence-electron chi connectivity index (χ4n) is 4.33. The number of pyridine rings is 1. The number of nitrogens with one attached hydrogen (secondary N) is 1. The van der Waals surface area contributed by atoms with Crippen molar-refractivity contribution in [3.8, 4) is 22.8 Å². The van der Waals surface area contributed by atoms with Gasteiger partial charge in [-0.2, -0.15) is 5.10 Å². The van der Waals surface area contributed by atoms with E-state index in [1.807, 2.05) is 60.7 Å². The number of carbonyl (C=O) groups is 1. The van der Waals surface area contributed by atoms with Crippen LogP contribution in [0.3, 0.4) is 0 Å². The van der Waals surface area contributed by atoms with Gasteiger partial charge in [0.1, 0.15) is 11.5 Å². The van der Waals surface area contributed by atoms with Crippen molar-refractivity contribution in [3.63, 3.8) is 0 Å². The van der Waals surface area contributed by atoms with E-state index in [1.165, 1.54) is 24.1 Å². The molecule has 1 aliphatic rings. The summed E-state index contributed by atoms with van der Waals surface area (Å²) in [6.07, 6.45) is 8.03. The minimum atomic E-state index is -0.156. The first-order chi connectivity index (χ1) is 16.3. The Morgan fingerprint density at radius 3 is 2.55 bits per heavy atom. The molecule has 1 aliphatic carbocycles. The fourth-order valence-corrected chi connectivity index (χ4v) is 4.33. The molecule has 5 rings (SSSR count). The molecule has 0 saturated heterocycles. The summed E-state index contributed by atoms with van der Waals surface area (Å²) in [5.74, 6) is 1.08. The van der Waals surface area contributed by atoms with Gasteiger partial charge in [0.25, 0.3) is 5.91 Å². The van der Waals surface area contributed by atoms with Crippen molar-refractivity contribution in [1.82, 2.24) is 20.1 Å². The van der Waals surface area contributed by atoms with Crippen LogP contribution in [-0.2, 0) is 19.4 Å². The molecule has 0 spiro atoms. The first-order valence-corrected chi connectivity index (χ1v) is 11.4. The van der Waals surface area contributed by atoms with Gasteiger partial charge in [-0.15, -0.1) is 0 Å². The standard InChI is InChI=1S/C27H26N4O2/c32-27(23-11-5-7-13-25(23)33-21-8-2-1-3-9-21)29-18-19-31-24-12-6-4-10-22(24)26(30-31)20-14-16-28-17-15-20/h1-3,5,7-9,11,13-17H,4,6,10,12,18-19H2,(H,29,32). The predicted molar refractivity (Wildman–Crippen MR) is 127 cm³/mol. The van der Waals surface area contributed by atoms with Crippen LogP contribution in [0.1, 0.15) is 34.5 Å². The topological polar surface area (TPSA) is 69.0 Å². The van der Waals surface area contributed by atoms with Gasteiger partial charge in [0, 0.05) is 35.8 Å². The van der Waals surface area contributed by atoms with E-state index in [0.717, 1.165) is 24.1 Å². The van der Waals surface area contributed by atoms with Crippen molar-refractivity contribution in [2.24, 2.45) is 0 Å². The number of carbonyl (C=O) groups excluding carboxylic acids is 1. The zero-order chi connectivity index (χ0) is 22.5. The molecule has 0 aliphatic heterocycles. The van der Waals surface area contributed by atoms with Gasteiger partial charge < -0.3 is 10.1 Å². The highest BCUT2D eigenvalue weighted by Gasteiger charge is 2.22. The maximum absolute atomic E-state index is 12.9. The molecule has 1 amide bonds. The van der Waals surface area contributed by atoms with E-state index in [-0.39, 0.29) is 5.91 Å². The Hall–Kier alpha value is -3.93. The van der Waals surface area contributed by atoms with Crippen LogP contribution in [0, 0.1) is 0 Å². The molecule has 1 N–H and O–H groups in total. The van der Waals surface area contributed by atoms with E-state index in [4.69, 9.17) is 9.84 Å². The molecule has 0 atom stereocenters. The van der Waals surface area contributed by atoms with Crippen molar-refractivity contribution in [2.45, 2.75) is 32.2 Å². The van der Waals surface area contributed by atoms with Crippen molar-refractivity contribution >= 4 is 5.91 Å². The number of ether oxygens (including phenoxy) is 1. The zero-order valence-corrected chi connectivity index (χ0v) is 18.4.